The van der Waals surface area contributed by atoms with Crippen LogP contribution in [0.1, 0.15) is 19.3 Å². The molecule has 0 aromatic heterocycles. The van der Waals surface area contributed by atoms with Crippen molar-refractivity contribution in [1.82, 2.24) is 9.80 Å². The second kappa shape index (κ2) is 6.00. The summed E-state index contributed by atoms with van der Waals surface area (Å²) in [6.45, 7) is 4.11. The monoisotopic (exact) mass is 195 g/mol. The molecule has 1 atom stereocenters. The van der Waals surface area contributed by atoms with E-state index in [0.717, 1.165) is 12.5 Å². The van der Waals surface area contributed by atoms with Gasteiger partial charge in [-0.2, -0.15) is 5.26 Å². The summed E-state index contributed by atoms with van der Waals surface area (Å²) in [5.41, 5.74) is 0. The van der Waals surface area contributed by atoms with Gasteiger partial charge in [0.25, 0.3) is 0 Å². The Balaban J connectivity index is 2.14. The van der Waals surface area contributed by atoms with Gasteiger partial charge in [-0.25, -0.2) is 0 Å². The minimum Gasteiger partial charge on any atom is -0.306 e. The molecule has 0 saturated carbocycles. The smallest absolute Gasteiger partial charge is 0.0863 e. The molecule has 0 spiro atoms. The van der Waals surface area contributed by atoms with Crippen molar-refractivity contribution in [2.24, 2.45) is 5.92 Å². The Morgan fingerprint density at radius 3 is 3.00 bits per heavy atom. The highest BCUT2D eigenvalue weighted by molar-refractivity contribution is 4.76. The second-order valence-corrected chi connectivity index (χ2v) is 4.46. The predicted octanol–water partition coefficient (Wildman–Crippen LogP) is 1.17. The summed E-state index contributed by atoms with van der Waals surface area (Å²) in [5, 5.41) is 8.52. The highest BCUT2D eigenvalue weighted by atomic mass is 15.1. The zero-order valence-corrected chi connectivity index (χ0v) is 9.37. The number of nitriles is 1. The molecule has 14 heavy (non-hydrogen) atoms. The molecule has 1 rings (SSSR count). The third-order valence-electron chi connectivity index (χ3n) is 2.98. The quantitative estimate of drug-likeness (QED) is 0.631. The number of piperidine rings is 1. The number of hydrogen-bond donors (Lipinski definition) is 0. The molecule has 0 aliphatic carbocycles. The molecule has 0 N–H and O–H groups in total. The molecule has 1 heterocycles. The fraction of sp³-hybridized carbons (Fsp3) is 0.909. The molecule has 0 bridgehead atoms. The molecule has 3 heteroatoms. The Morgan fingerprint density at radius 1 is 1.57 bits per heavy atom. The van der Waals surface area contributed by atoms with Crippen LogP contribution in [0.4, 0.5) is 0 Å². The number of likely N-dealkylation sites (tertiary alicyclic amines) is 1. The Bertz CT molecular complexity index is 197. The zero-order chi connectivity index (χ0) is 10.4. The van der Waals surface area contributed by atoms with Gasteiger partial charge in [-0.15, -0.1) is 0 Å². The molecule has 0 radical (unpaired) electrons. The summed E-state index contributed by atoms with van der Waals surface area (Å²) in [6, 6.07) is 2.18. The molecule has 1 aliphatic rings. The molecule has 1 fully saturated rings. The van der Waals surface area contributed by atoms with E-state index in [9.17, 15) is 0 Å². The van der Waals surface area contributed by atoms with E-state index in [2.05, 4.69) is 22.9 Å². The van der Waals surface area contributed by atoms with Crippen molar-refractivity contribution in [3.05, 3.63) is 0 Å². The van der Waals surface area contributed by atoms with E-state index in [0.29, 0.717) is 6.54 Å². The SMILES string of the molecule is CN(CC#N)CCC1CCCN(C)C1. The van der Waals surface area contributed by atoms with Gasteiger partial charge in [0.2, 0.25) is 0 Å². The van der Waals surface area contributed by atoms with Crippen molar-refractivity contribution in [3.8, 4) is 6.07 Å². The van der Waals surface area contributed by atoms with Crippen molar-refractivity contribution in [3.63, 3.8) is 0 Å². The molecule has 1 saturated heterocycles. The van der Waals surface area contributed by atoms with Crippen molar-refractivity contribution in [1.29, 1.82) is 5.26 Å². The van der Waals surface area contributed by atoms with Crippen LogP contribution in [0.15, 0.2) is 0 Å². The van der Waals surface area contributed by atoms with E-state index in [1.807, 2.05) is 7.05 Å². The lowest BCUT2D eigenvalue weighted by Crippen LogP contribution is -2.34. The number of rotatable bonds is 4. The average Bonchev–Trinajstić information content (AvgIpc) is 2.15. The van der Waals surface area contributed by atoms with Crippen molar-refractivity contribution < 1.29 is 0 Å². The molecule has 0 aromatic carbocycles. The lowest BCUT2D eigenvalue weighted by Gasteiger charge is -2.30. The standard InChI is InChI=1S/C11H21N3/c1-13(9-6-12)8-5-11-4-3-7-14(2)10-11/h11H,3-5,7-10H2,1-2H3. The van der Waals surface area contributed by atoms with Crippen LogP contribution in [0.2, 0.25) is 0 Å². The van der Waals surface area contributed by atoms with Gasteiger partial charge in [-0.05, 0) is 52.4 Å². The van der Waals surface area contributed by atoms with Crippen LogP contribution in [0.3, 0.4) is 0 Å². The van der Waals surface area contributed by atoms with Gasteiger partial charge in [-0.3, -0.25) is 4.90 Å². The first kappa shape index (κ1) is 11.5. The van der Waals surface area contributed by atoms with E-state index in [1.165, 1.54) is 32.4 Å². The highest BCUT2D eigenvalue weighted by Crippen LogP contribution is 2.18. The summed E-state index contributed by atoms with van der Waals surface area (Å²) in [6.07, 6.45) is 3.94. The Labute approximate surface area is 87.3 Å². The van der Waals surface area contributed by atoms with Crippen LogP contribution in [-0.2, 0) is 0 Å². The van der Waals surface area contributed by atoms with Gasteiger partial charge in [0, 0.05) is 6.54 Å². The first-order valence-corrected chi connectivity index (χ1v) is 5.46. The summed E-state index contributed by atoms with van der Waals surface area (Å²) in [5.74, 6) is 0.842. The summed E-state index contributed by atoms with van der Waals surface area (Å²) >= 11 is 0. The maximum Gasteiger partial charge on any atom is 0.0863 e. The molecule has 1 aliphatic heterocycles. The van der Waals surface area contributed by atoms with Crippen molar-refractivity contribution in [2.75, 3.05) is 40.3 Å². The number of nitrogens with zero attached hydrogens (tertiary/aromatic N) is 3. The summed E-state index contributed by atoms with van der Waals surface area (Å²) in [4.78, 5) is 4.52. The van der Waals surface area contributed by atoms with Gasteiger partial charge in [0.1, 0.15) is 0 Å². The average molecular weight is 195 g/mol. The Morgan fingerprint density at radius 2 is 2.36 bits per heavy atom. The van der Waals surface area contributed by atoms with Crippen LogP contribution < -0.4 is 0 Å². The molecular weight excluding hydrogens is 174 g/mol. The van der Waals surface area contributed by atoms with Gasteiger partial charge in [-0.1, -0.05) is 0 Å². The van der Waals surface area contributed by atoms with E-state index < -0.39 is 0 Å². The Kier molecular flexibility index (Phi) is 4.92. The molecule has 0 amide bonds. The predicted molar refractivity (Wildman–Crippen MR) is 57.9 cm³/mol. The third kappa shape index (κ3) is 4.08. The molecular formula is C11H21N3. The largest absolute Gasteiger partial charge is 0.306 e. The van der Waals surface area contributed by atoms with Gasteiger partial charge >= 0.3 is 0 Å². The topological polar surface area (TPSA) is 30.3 Å². The molecule has 1 unspecified atom stereocenters. The van der Waals surface area contributed by atoms with Gasteiger partial charge in [0.05, 0.1) is 12.6 Å². The molecule has 3 nitrogen and oxygen atoms in total. The van der Waals surface area contributed by atoms with E-state index >= 15 is 0 Å². The normalized spacial score (nSPS) is 23.7. The van der Waals surface area contributed by atoms with E-state index in [4.69, 9.17) is 5.26 Å². The molecule has 0 aromatic rings. The Hall–Kier alpha value is -0.590. The third-order valence-corrected chi connectivity index (χ3v) is 2.98. The van der Waals surface area contributed by atoms with Gasteiger partial charge in [0.15, 0.2) is 0 Å². The second-order valence-electron chi connectivity index (χ2n) is 4.46. The fourth-order valence-electron chi connectivity index (χ4n) is 2.11. The number of hydrogen-bond acceptors (Lipinski definition) is 3. The first-order valence-electron chi connectivity index (χ1n) is 5.46. The van der Waals surface area contributed by atoms with Crippen LogP contribution in [-0.4, -0.2) is 50.1 Å². The van der Waals surface area contributed by atoms with Crippen LogP contribution in [0.5, 0.6) is 0 Å². The summed E-state index contributed by atoms with van der Waals surface area (Å²) in [7, 11) is 4.22. The minimum absolute atomic E-state index is 0.558. The van der Waals surface area contributed by atoms with Crippen molar-refractivity contribution >= 4 is 0 Å². The zero-order valence-electron chi connectivity index (χ0n) is 9.37. The lowest BCUT2D eigenvalue weighted by atomic mass is 9.95. The first-order chi connectivity index (χ1) is 6.72. The maximum absolute atomic E-state index is 8.52. The highest BCUT2D eigenvalue weighted by Gasteiger charge is 2.16. The molecule has 80 valence electrons. The van der Waals surface area contributed by atoms with Crippen molar-refractivity contribution in [2.45, 2.75) is 19.3 Å². The minimum atomic E-state index is 0.558. The lowest BCUT2D eigenvalue weighted by molar-refractivity contribution is 0.189. The van der Waals surface area contributed by atoms with Crippen LogP contribution in [0.25, 0.3) is 0 Å². The van der Waals surface area contributed by atoms with E-state index in [-0.39, 0.29) is 0 Å². The van der Waals surface area contributed by atoms with E-state index in [1.54, 1.807) is 0 Å². The summed E-state index contributed by atoms with van der Waals surface area (Å²) < 4.78 is 0. The fourth-order valence-corrected chi connectivity index (χ4v) is 2.11. The van der Waals surface area contributed by atoms with Crippen LogP contribution in [0, 0.1) is 17.2 Å². The van der Waals surface area contributed by atoms with Crippen LogP contribution >= 0.6 is 0 Å². The maximum atomic E-state index is 8.52. The van der Waals surface area contributed by atoms with Gasteiger partial charge < -0.3 is 4.90 Å².